The number of nitrogens with one attached hydrogen (secondary N) is 1. The summed E-state index contributed by atoms with van der Waals surface area (Å²) >= 11 is 0. The van der Waals surface area contributed by atoms with Gasteiger partial charge in [-0.25, -0.2) is 9.37 Å². The summed E-state index contributed by atoms with van der Waals surface area (Å²) in [5, 5.41) is 2.80. The Morgan fingerprint density at radius 2 is 2.04 bits per heavy atom. The highest BCUT2D eigenvalue weighted by Gasteiger charge is 2.10. The molecule has 118 valence electrons. The molecule has 6 heteroatoms. The third kappa shape index (κ3) is 3.66. The van der Waals surface area contributed by atoms with Crippen LogP contribution in [-0.4, -0.2) is 26.6 Å². The molecule has 0 saturated carbocycles. The molecular formula is C17H17FN4O. The average Bonchev–Trinajstić information content (AvgIpc) is 3.24. The molecule has 0 unspecified atom stereocenters. The molecule has 0 aliphatic rings. The highest BCUT2D eigenvalue weighted by Crippen LogP contribution is 2.15. The number of carbonyl (C=O) groups is 1. The van der Waals surface area contributed by atoms with Crippen LogP contribution in [0.1, 0.15) is 16.8 Å². The summed E-state index contributed by atoms with van der Waals surface area (Å²) in [6, 6.07) is 8.14. The number of benzene rings is 1. The van der Waals surface area contributed by atoms with Gasteiger partial charge in [-0.3, -0.25) is 4.79 Å². The Labute approximate surface area is 133 Å². The lowest BCUT2D eigenvalue weighted by Gasteiger charge is -2.08. The van der Waals surface area contributed by atoms with Crippen LogP contribution in [-0.2, 0) is 6.54 Å². The number of aromatic nitrogens is 3. The lowest BCUT2D eigenvalue weighted by atomic mass is 10.2. The Kier molecular flexibility index (Phi) is 4.52. The molecule has 0 aliphatic heterocycles. The van der Waals surface area contributed by atoms with Gasteiger partial charge in [0.25, 0.3) is 5.91 Å². The summed E-state index contributed by atoms with van der Waals surface area (Å²) in [4.78, 5) is 16.0. The highest BCUT2D eigenvalue weighted by atomic mass is 19.1. The van der Waals surface area contributed by atoms with Crippen LogP contribution in [0, 0.1) is 5.82 Å². The Morgan fingerprint density at radius 1 is 1.22 bits per heavy atom. The summed E-state index contributed by atoms with van der Waals surface area (Å²) in [7, 11) is 0. The van der Waals surface area contributed by atoms with Crippen LogP contribution >= 0.6 is 0 Å². The minimum Gasteiger partial charge on any atom is -0.352 e. The van der Waals surface area contributed by atoms with Gasteiger partial charge in [-0.2, -0.15) is 0 Å². The fraction of sp³-hybridized carbons (Fsp3) is 0.176. The third-order valence-corrected chi connectivity index (χ3v) is 3.53. The van der Waals surface area contributed by atoms with Crippen molar-refractivity contribution in [1.82, 2.24) is 19.4 Å². The van der Waals surface area contributed by atoms with E-state index in [0.29, 0.717) is 17.8 Å². The first-order valence-corrected chi connectivity index (χ1v) is 7.41. The molecule has 1 amide bonds. The van der Waals surface area contributed by atoms with E-state index < -0.39 is 5.82 Å². The monoisotopic (exact) mass is 312 g/mol. The minimum absolute atomic E-state index is 0.270. The number of amides is 1. The van der Waals surface area contributed by atoms with E-state index in [1.54, 1.807) is 41.6 Å². The van der Waals surface area contributed by atoms with Gasteiger partial charge >= 0.3 is 0 Å². The van der Waals surface area contributed by atoms with Crippen LogP contribution in [0.15, 0.2) is 61.4 Å². The van der Waals surface area contributed by atoms with E-state index in [-0.39, 0.29) is 5.91 Å². The van der Waals surface area contributed by atoms with Crippen LogP contribution in [0.5, 0.6) is 0 Å². The predicted molar refractivity (Wildman–Crippen MR) is 84.9 cm³/mol. The van der Waals surface area contributed by atoms with Gasteiger partial charge in [0, 0.05) is 43.4 Å². The quantitative estimate of drug-likeness (QED) is 0.711. The summed E-state index contributed by atoms with van der Waals surface area (Å²) < 4.78 is 17.7. The van der Waals surface area contributed by atoms with Crippen LogP contribution in [0.4, 0.5) is 4.39 Å². The maximum atomic E-state index is 14.1. The van der Waals surface area contributed by atoms with Crippen molar-refractivity contribution in [2.45, 2.75) is 13.0 Å². The van der Waals surface area contributed by atoms with E-state index in [0.717, 1.165) is 13.0 Å². The highest BCUT2D eigenvalue weighted by molar-refractivity contribution is 5.94. The van der Waals surface area contributed by atoms with E-state index >= 15 is 0 Å². The van der Waals surface area contributed by atoms with Crippen LogP contribution in [0.25, 0.3) is 5.69 Å². The molecule has 0 saturated heterocycles. The maximum absolute atomic E-state index is 14.1. The minimum atomic E-state index is -0.424. The number of halogens is 1. The van der Waals surface area contributed by atoms with Crippen molar-refractivity contribution in [1.29, 1.82) is 0 Å². The van der Waals surface area contributed by atoms with Crippen LogP contribution < -0.4 is 5.32 Å². The SMILES string of the molecule is O=C(NCCCn1ccnc1)c1ccc(-n2cccc2)c(F)c1. The van der Waals surface area contributed by atoms with E-state index in [1.165, 1.54) is 6.07 Å². The summed E-state index contributed by atoms with van der Waals surface area (Å²) in [5.74, 6) is -0.694. The molecule has 1 N–H and O–H groups in total. The second-order valence-corrected chi connectivity index (χ2v) is 5.17. The van der Waals surface area contributed by atoms with E-state index in [4.69, 9.17) is 0 Å². The van der Waals surface area contributed by atoms with Gasteiger partial charge < -0.3 is 14.5 Å². The molecule has 0 bridgehead atoms. The molecule has 2 aromatic heterocycles. The van der Waals surface area contributed by atoms with Crippen molar-refractivity contribution in [3.63, 3.8) is 0 Å². The fourth-order valence-electron chi connectivity index (χ4n) is 2.34. The summed E-state index contributed by atoms with van der Waals surface area (Å²) in [6.07, 6.45) is 9.62. The molecule has 1 aromatic carbocycles. The first-order valence-electron chi connectivity index (χ1n) is 7.41. The number of hydrogen-bond donors (Lipinski definition) is 1. The zero-order valence-electron chi connectivity index (χ0n) is 12.5. The largest absolute Gasteiger partial charge is 0.352 e. The molecule has 0 aliphatic carbocycles. The molecule has 3 aromatic rings. The Balaban J connectivity index is 1.56. The van der Waals surface area contributed by atoms with Gasteiger partial charge in [0.2, 0.25) is 0 Å². The Bertz CT molecular complexity index is 766. The summed E-state index contributed by atoms with van der Waals surface area (Å²) in [6.45, 7) is 1.30. The molecule has 5 nitrogen and oxygen atoms in total. The first kappa shape index (κ1) is 15.0. The lowest BCUT2D eigenvalue weighted by Crippen LogP contribution is -2.25. The van der Waals surface area contributed by atoms with Gasteiger partial charge in [-0.15, -0.1) is 0 Å². The Hall–Kier alpha value is -2.89. The zero-order chi connectivity index (χ0) is 16.1. The smallest absolute Gasteiger partial charge is 0.251 e. The summed E-state index contributed by atoms with van der Waals surface area (Å²) in [5.41, 5.74) is 0.743. The fourth-order valence-corrected chi connectivity index (χ4v) is 2.34. The number of aryl methyl sites for hydroxylation is 1. The maximum Gasteiger partial charge on any atom is 0.251 e. The van der Waals surface area contributed by atoms with Crippen LogP contribution in [0.2, 0.25) is 0 Å². The number of rotatable bonds is 6. The van der Waals surface area contributed by atoms with Crippen LogP contribution in [0.3, 0.4) is 0 Å². The van der Waals surface area contributed by atoms with Crippen molar-refractivity contribution in [3.8, 4) is 5.69 Å². The Morgan fingerprint density at radius 3 is 2.74 bits per heavy atom. The van der Waals surface area contributed by atoms with Gasteiger partial charge in [-0.05, 0) is 36.8 Å². The van der Waals surface area contributed by atoms with E-state index in [2.05, 4.69) is 10.3 Å². The molecule has 3 rings (SSSR count). The topological polar surface area (TPSA) is 51.9 Å². The molecule has 0 fully saturated rings. The molecule has 0 atom stereocenters. The first-order chi connectivity index (χ1) is 11.2. The molecule has 0 spiro atoms. The number of imidazole rings is 1. The predicted octanol–water partition coefficient (Wildman–Crippen LogP) is 2.63. The molecule has 2 heterocycles. The van der Waals surface area contributed by atoms with Crippen molar-refractivity contribution in [3.05, 3.63) is 72.8 Å². The number of carbonyl (C=O) groups excluding carboxylic acids is 1. The van der Waals surface area contributed by atoms with Crippen molar-refractivity contribution in [2.75, 3.05) is 6.54 Å². The average molecular weight is 312 g/mol. The van der Waals surface area contributed by atoms with E-state index in [9.17, 15) is 9.18 Å². The van der Waals surface area contributed by atoms with E-state index in [1.807, 2.05) is 22.9 Å². The molecular weight excluding hydrogens is 295 g/mol. The van der Waals surface area contributed by atoms with Gasteiger partial charge in [0.1, 0.15) is 5.82 Å². The van der Waals surface area contributed by atoms with Gasteiger partial charge in [0.15, 0.2) is 0 Å². The lowest BCUT2D eigenvalue weighted by molar-refractivity contribution is 0.0952. The van der Waals surface area contributed by atoms with Gasteiger partial charge in [0.05, 0.1) is 12.0 Å². The second-order valence-electron chi connectivity index (χ2n) is 5.17. The zero-order valence-corrected chi connectivity index (χ0v) is 12.5. The number of hydrogen-bond acceptors (Lipinski definition) is 2. The third-order valence-electron chi connectivity index (χ3n) is 3.53. The number of nitrogens with zero attached hydrogens (tertiary/aromatic N) is 3. The molecule has 23 heavy (non-hydrogen) atoms. The van der Waals surface area contributed by atoms with Crippen molar-refractivity contribution >= 4 is 5.91 Å². The standard InChI is InChI=1S/C17H17FN4O/c18-15-12-14(4-5-16(15)22-9-1-2-10-22)17(23)20-6-3-8-21-11-7-19-13-21/h1-2,4-5,7,9-13H,3,6,8H2,(H,20,23). The normalized spacial score (nSPS) is 10.7. The van der Waals surface area contributed by atoms with Crippen molar-refractivity contribution in [2.24, 2.45) is 0 Å². The second kappa shape index (κ2) is 6.91. The molecule has 0 radical (unpaired) electrons. The van der Waals surface area contributed by atoms with Crippen molar-refractivity contribution < 1.29 is 9.18 Å². The van der Waals surface area contributed by atoms with Gasteiger partial charge in [-0.1, -0.05) is 0 Å².